The Kier molecular flexibility index (Phi) is 3.35. The second-order valence-corrected chi connectivity index (χ2v) is 3.33. The Bertz CT molecular complexity index is 220. The normalized spacial score (nSPS) is 13.4. The molecule has 0 amide bonds. The van der Waals surface area contributed by atoms with E-state index in [2.05, 4.69) is 34.9 Å². The van der Waals surface area contributed by atoms with Crippen LogP contribution in [0.2, 0.25) is 0 Å². The molecule has 0 aliphatic carbocycles. The fourth-order valence-corrected chi connectivity index (χ4v) is 1.35. The Morgan fingerprint density at radius 3 is 2.82 bits per heavy atom. The molecular formula is C7H11IN2O. The molecule has 0 saturated carbocycles. The van der Waals surface area contributed by atoms with Crippen LogP contribution < -0.4 is 11.3 Å². The molecule has 0 unspecified atom stereocenters. The second kappa shape index (κ2) is 4.08. The van der Waals surface area contributed by atoms with Gasteiger partial charge in [-0.2, -0.15) is 0 Å². The highest BCUT2D eigenvalue weighted by Gasteiger charge is 2.10. The monoisotopic (exact) mass is 266 g/mol. The van der Waals surface area contributed by atoms with Crippen LogP contribution in [0.1, 0.15) is 25.1 Å². The minimum atomic E-state index is 0.138. The Hall–Kier alpha value is -0.0700. The molecule has 0 aliphatic rings. The van der Waals surface area contributed by atoms with E-state index in [1.54, 1.807) is 0 Å². The summed E-state index contributed by atoms with van der Waals surface area (Å²) in [5, 5.41) is 0. The number of halogens is 1. The van der Waals surface area contributed by atoms with Gasteiger partial charge in [0.05, 0.1) is 6.04 Å². The molecule has 0 spiro atoms. The molecule has 1 rings (SSSR count). The van der Waals surface area contributed by atoms with Gasteiger partial charge in [-0.1, -0.05) is 6.92 Å². The van der Waals surface area contributed by atoms with Crippen molar-refractivity contribution in [3.63, 3.8) is 0 Å². The van der Waals surface area contributed by atoms with E-state index in [0.29, 0.717) is 0 Å². The van der Waals surface area contributed by atoms with E-state index >= 15 is 0 Å². The summed E-state index contributed by atoms with van der Waals surface area (Å²) in [6.07, 6.45) is 0.931. The van der Waals surface area contributed by atoms with Crippen molar-refractivity contribution >= 4 is 22.6 Å². The Labute approximate surface area is 79.4 Å². The lowest BCUT2D eigenvalue weighted by atomic mass is 10.2. The maximum atomic E-state index is 5.37. The molecular weight excluding hydrogens is 255 g/mol. The molecule has 1 aromatic rings. The molecule has 0 aliphatic heterocycles. The Morgan fingerprint density at radius 2 is 2.45 bits per heavy atom. The molecule has 3 nitrogen and oxygen atoms in total. The number of hydrogen-bond donors (Lipinski definition) is 2. The molecule has 11 heavy (non-hydrogen) atoms. The van der Waals surface area contributed by atoms with Gasteiger partial charge in [-0.3, -0.25) is 5.84 Å². The quantitative estimate of drug-likeness (QED) is 0.498. The number of furan rings is 1. The molecule has 1 heterocycles. The molecule has 3 N–H and O–H groups in total. The van der Waals surface area contributed by atoms with Crippen molar-refractivity contribution in [3.8, 4) is 0 Å². The zero-order chi connectivity index (χ0) is 8.27. The lowest BCUT2D eigenvalue weighted by Gasteiger charge is -2.08. The van der Waals surface area contributed by atoms with E-state index < -0.39 is 0 Å². The van der Waals surface area contributed by atoms with Gasteiger partial charge in [0.1, 0.15) is 5.76 Å². The average Bonchev–Trinajstić information content (AvgIpc) is 2.39. The van der Waals surface area contributed by atoms with Crippen molar-refractivity contribution in [2.75, 3.05) is 0 Å². The fraction of sp³-hybridized carbons (Fsp3) is 0.429. The van der Waals surface area contributed by atoms with E-state index in [1.165, 1.54) is 0 Å². The van der Waals surface area contributed by atoms with Gasteiger partial charge in [0.15, 0.2) is 3.77 Å². The largest absolute Gasteiger partial charge is 0.454 e. The SMILES string of the molecule is CC[C@H](NN)c1ccc(I)o1. The van der Waals surface area contributed by atoms with Crippen molar-refractivity contribution in [1.82, 2.24) is 5.43 Å². The summed E-state index contributed by atoms with van der Waals surface area (Å²) in [5.74, 6) is 6.21. The molecule has 62 valence electrons. The molecule has 0 bridgehead atoms. The molecule has 0 fully saturated rings. The summed E-state index contributed by atoms with van der Waals surface area (Å²) in [5.41, 5.74) is 2.68. The third-order valence-corrected chi connectivity index (χ3v) is 2.13. The van der Waals surface area contributed by atoms with Crippen LogP contribution in [0.25, 0.3) is 0 Å². The zero-order valence-electron chi connectivity index (χ0n) is 6.30. The zero-order valence-corrected chi connectivity index (χ0v) is 8.46. The van der Waals surface area contributed by atoms with Gasteiger partial charge in [0.2, 0.25) is 0 Å². The molecule has 4 heteroatoms. The first-order valence-electron chi connectivity index (χ1n) is 3.49. The first-order valence-corrected chi connectivity index (χ1v) is 4.57. The number of hydrogen-bond acceptors (Lipinski definition) is 3. The van der Waals surface area contributed by atoms with E-state index in [9.17, 15) is 0 Å². The summed E-state index contributed by atoms with van der Waals surface area (Å²) in [7, 11) is 0. The van der Waals surface area contributed by atoms with Crippen LogP contribution in [0.15, 0.2) is 16.5 Å². The first kappa shape index (κ1) is 9.02. The number of nitrogens with two attached hydrogens (primary N) is 1. The average molecular weight is 266 g/mol. The number of hydrazine groups is 1. The van der Waals surface area contributed by atoms with Gasteiger partial charge in [-0.25, -0.2) is 5.43 Å². The van der Waals surface area contributed by atoms with E-state index in [1.807, 2.05) is 12.1 Å². The van der Waals surface area contributed by atoms with Crippen LogP contribution in [0.4, 0.5) is 0 Å². The second-order valence-electron chi connectivity index (χ2n) is 2.27. The number of nitrogens with one attached hydrogen (secondary N) is 1. The highest BCUT2D eigenvalue weighted by atomic mass is 127. The maximum absolute atomic E-state index is 5.37. The smallest absolute Gasteiger partial charge is 0.164 e. The van der Waals surface area contributed by atoms with Gasteiger partial charge in [0, 0.05) is 0 Å². The van der Waals surface area contributed by atoms with E-state index in [0.717, 1.165) is 15.9 Å². The lowest BCUT2D eigenvalue weighted by molar-refractivity contribution is 0.398. The van der Waals surface area contributed by atoms with E-state index in [4.69, 9.17) is 10.3 Å². The van der Waals surface area contributed by atoms with Gasteiger partial charge in [0.25, 0.3) is 0 Å². The predicted molar refractivity (Wildman–Crippen MR) is 51.8 cm³/mol. The summed E-state index contributed by atoms with van der Waals surface area (Å²) in [6.45, 7) is 2.06. The minimum Gasteiger partial charge on any atom is -0.454 e. The third-order valence-electron chi connectivity index (χ3n) is 1.55. The Morgan fingerprint density at radius 1 is 1.73 bits per heavy atom. The lowest BCUT2D eigenvalue weighted by Crippen LogP contribution is -2.26. The Balaban J connectivity index is 2.73. The molecule has 1 atom stereocenters. The van der Waals surface area contributed by atoms with Crippen LogP contribution in [0.3, 0.4) is 0 Å². The van der Waals surface area contributed by atoms with Crippen LogP contribution in [0, 0.1) is 3.77 Å². The van der Waals surface area contributed by atoms with Crippen molar-refractivity contribution in [2.45, 2.75) is 19.4 Å². The van der Waals surface area contributed by atoms with Crippen LogP contribution in [-0.2, 0) is 0 Å². The van der Waals surface area contributed by atoms with Gasteiger partial charge >= 0.3 is 0 Å². The van der Waals surface area contributed by atoms with Crippen molar-refractivity contribution in [3.05, 3.63) is 21.7 Å². The van der Waals surface area contributed by atoms with Gasteiger partial charge in [-0.15, -0.1) is 0 Å². The maximum Gasteiger partial charge on any atom is 0.164 e. The van der Waals surface area contributed by atoms with Gasteiger partial charge < -0.3 is 4.42 Å². The van der Waals surface area contributed by atoms with Crippen LogP contribution in [0.5, 0.6) is 0 Å². The first-order chi connectivity index (χ1) is 5.27. The molecule has 0 radical (unpaired) electrons. The van der Waals surface area contributed by atoms with Gasteiger partial charge in [-0.05, 0) is 41.1 Å². The molecule has 1 aromatic heterocycles. The summed E-state index contributed by atoms with van der Waals surface area (Å²) < 4.78 is 6.27. The summed E-state index contributed by atoms with van der Waals surface area (Å²) in [6, 6.07) is 4.00. The third kappa shape index (κ3) is 2.18. The van der Waals surface area contributed by atoms with Crippen molar-refractivity contribution < 1.29 is 4.42 Å². The van der Waals surface area contributed by atoms with Crippen LogP contribution >= 0.6 is 22.6 Å². The van der Waals surface area contributed by atoms with Crippen molar-refractivity contribution in [2.24, 2.45) is 5.84 Å². The molecule has 0 saturated heterocycles. The summed E-state index contributed by atoms with van der Waals surface area (Å²) in [4.78, 5) is 0. The number of rotatable bonds is 3. The predicted octanol–water partition coefficient (Wildman–Crippen LogP) is 1.80. The van der Waals surface area contributed by atoms with Crippen LogP contribution in [-0.4, -0.2) is 0 Å². The highest BCUT2D eigenvalue weighted by molar-refractivity contribution is 14.1. The highest BCUT2D eigenvalue weighted by Crippen LogP contribution is 2.19. The minimum absolute atomic E-state index is 0.138. The molecule has 0 aromatic carbocycles. The van der Waals surface area contributed by atoms with E-state index in [-0.39, 0.29) is 6.04 Å². The topological polar surface area (TPSA) is 51.2 Å². The standard InChI is InChI=1S/C7H11IN2O/c1-2-5(10-9)6-3-4-7(8)11-6/h3-5,10H,2,9H2,1H3/t5-/m0/s1. The fourth-order valence-electron chi connectivity index (χ4n) is 0.917. The van der Waals surface area contributed by atoms with Crippen molar-refractivity contribution in [1.29, 1.82) is 0 Å². The summed E-state index contributed by atoms with van der Waals surface area (Å²) >= 11 is 2.13.